The van der Waals surface area contributed by atoms with Gasteiger partial charge in [-0.3, -0.25) is 4.79 Å². The van der Waals surface area contributed by atoms with Crippen LogP contribution in [0.3, 0.4) is 0 Å². The number of carbonyl (C=O) groups excluding carboxylic acids is 2. The van der Waals surface area contributed by atoms with Gasteiger partial charge in [-0.05, 0) is 19.3 Å². The first-order valence-corrected chi connectivity index (χ1v) is 6.91. The summed E-state index contributed by atoms with van der Waals surface area (Å²) in [5, 5.41) is 0. The summed E-state index contributed by atoms with van der Waals surface area (Å²) < 4.78 is 4.70. The summed E-state index contributed by atoms with van der Waals surface area (Å²) in [6.45, 7) is 1.96. The Morgan fingerprint density at radius 3 is 2.50 bits per heavy atom. The smallest absolute Gasteiger partial charge is 0.375 e. The highest BCUT2D eigenvalue weighted by Crippen LogP contribution is 2.29. The summed E-state index contributed by atoms with van der Waals surface area (Å²) >= 11 is 3.30. The summed E-state index contributed by atoms with van der Waals surface area (Å²) in [7, 11) is 0. The van der Waals surface area contributed by atoms with Crippen molar-refractivity contribution in [3.05, 3.63) is 0 Å². The molecule has 1 rings (SSSR count). The van der Waals surface area contributed by atoms with Gasteiger partial charge in [0.25, 0.3) is 5.78 Å². The van der Waals surface area contributed by atoms with Crippen molar-refractivity contribution in [2.75, 3.05) is 6.61 Å². The standard InChI is InChI=1S/C12H19BrO3/c1-2-16-12(15)11(14)10(13)8-9-6-4-3-5-7-9/h9-10H,2-8H2,1H3/t10-/m0/s1. The van der Waals surface area contributed by atoms with Crippen molar-refractivity contribution in [1.82, 2.24) is 0 Å². The molecule has 1 aliphatic carbocycles. The van der Waals surface area contributed by atoms with Crippen molar-refractivity contribution in [3.8, 4) is 0 Å². The third-order valence-electron chi connectivity index (χ3n) is 3.03. The molecular formula is C12H19BrO3. The number of esters is 1. The molecule has 0 amide bonds. The highest BCUT2D eigenvalue weighted by molar-refractivity contribution is 9.10. The average Bonchev–Trinajstić information content (AvgIpc) is 2.29. The maximum absolute atomic E-state index is 11.6. The average molecular weight is 291 g/mol. The zero-order valence-corrected chi connectivity index (χ0v) is 11.3. The Kier molecular flexibility index (Phi) is 6.03. The van der Waals surface area contributed by atoms with Crippen molar-refractivity contribution >= 4 is 27.7 Å². The molecule has 4 heteroatoms. The van der Waals surface area contributed by atoms with E-state index in [0.717, 1.165) is 6.42 Å². The summed E-state index contributed by atoms with van der Waals surface area (Å²) in [4.78, 5) is 22.4. The summed E-state index contributed by atoms with van der Waals surface area (Å²) in [5.41, 5.74) is 0. The molecule has 1 atom stereocenters. The predicted molar refractivity (Wildman–Crippen MR) is 65.5 cm³/mol. The van der Waals surface area contributed by atoms with Crippen LogP contribution in [0.25, 0.3) is 0 Å². The Labute approximate surface area is 105 Å². The number of alkyl halides is 1. The minimum absolute atomic E-state index is 0.258. The van der Waals surface area contributed by atoms with Gasteiger partial charge in [0.2, 0.25) is 0 Å². The number of ketones is 1. The molecule has 92 valence electrons. The van der Waals surface area contributed by atoms with Gasteiger partial charge in [-0.2, -0.15) is 0 Å². The van der Waals surface area contributed by atoms with Crippen LogP contribution in [0.5, 0.6) is 0 Å². The number of ether oxygens (including phenoxy) is 1. The van der Waals surface area contributed by atoms with E-state index < -0.39 is 11.8 Å². The first kappa shape index (κ1) is 13.7. The van der Waals surface area contributed by atoms with Crippen LogP contribution in [-0.2, 0) is 14.3 Å². The quantitative estimate of drug-likeness (QED) is 0.444. The second-order valence-corrected chi connectivity index (χ2v) is 5.40. The van der Waals surface area contributed by atoms with E-state index in [1.807, 2.05) is 0 Å². The Balaban J connectivity index is 2.35. The SMILES string of the molecule is CCOC(=O)C(=O)[C@@H](Br)CC1CCCCC1. The van der Waals surface area contributed by atoms with Crippen molar-refractivity contribution in [2.24, 2.45) is 5.92 Å². The fraction of sp³-hybridized carbons (Fsp3) is 0.833. The Bertz CT molecular complexity index is 247. The van der Waals surface area contributed by atoms with Crippen LogP contribution in [0.1, 0.15) is 45.4 Å². The van der Waals surface area contributed by atoms with Crippen molar-refractivity contribution in [1.29, 1.82) is 0 Å². The number of Topliss-reactive ketones (excluding diaryl/α,β-unsaturated/α-hetero) is 1. The summed E-state index contributed by atoms with van der Waals surface area (Å²) in [5.74, 6) is -0.566. The topological polar surface area (TPSA) is 43.4 Å². The van der Waals surface area contributed by atoms with E-state index >= 15 is 0 Å². The van der Waals surface area contributed by atoms with E-state index in [2.05, 4.69) is 15.9 Å². The molecule has 0 aliphatic heterocycles. The number of hydrogen-bond donors (Lipinski definition) is 0. The van der Waals surface area contributed by atoms with Crippen molar-refractivity contribution in [3.63, 3.8) is 0 Å². The minimum atomic E-state index is -0.708. The predicted octanol–water partition coefficient (Wildman–Crippen LogP) is 2.85. The van der Waals surface area contributed by atoms with Crippen LogP contribution in [-0.4, -0.2) is 23.2 Å². The highest BCUT2D eigenvalue weighted by atomic mass is 79.9. The van der Waals surface area contributed by atoms with Crippen LogP contribution in [0, 0.1) is 5.92 Å². The molecule has 0 unspecified atom stereocenters. The molecule has 0 N–H and O–H groups in total. The van der Waals surface area contributed by atoms with E-state index in [-0.39, 0.29) is 11.4 Å². The normalized spacial score (nSPS) is 19.1. The molecule has 0 aromatic carbocycles. The fourth-order valence-corrected chi connectivity index (χ4v) is 2.87. The minimum Gasteiger partial charge on any atom is -0.460 e. The molecule has 0 saturated heterocycles. The first-order chi connectivity index (χ1) is 7.65. The van der Waals surface area contributed by atoms with Gasteiger partial charge >= 0.3 is 5.97 Å². The van der Waals surface area contributed by atoms with Crippen LogP contribution in [0.15, 0.2) is 0 Å². The Morgan fingerprint density at radius 2 is 1.94 bits per heavy atom. The van der Waals surface area contributed by atoms with E-state index in [1.54, 1.807) is 6.92 Å². The Morgan fingerprint density at radius 1 is 1.31 bits per heavy atom. The van der Waals surface area contributed by atoms with E-state index in [0.29, 0.717) is 5.92 Å². The van der Waals surface area contributed by atoms with Gasteiger partial charge in [-0.25, -0.2) is 4.79 Å². The lowest BCUT2D eigenvalue weighted by atomic mass is 9.85. The molecule has 0 aromatic heterocycles. The molecule has 0 radical (unpaired) electrons. The van der Waals surface area contributed by atoms with Gasteiger partial charge in [-0.1, -0.05) is 48.0 Å². The lowest BCUT2D eigenvalue weighted by molar-refractivity contribution is -0.153. The number of rotatable bonds is 5. The molecule has 0 heterocycles. The molecule has 0 bridgehead atoms. The lowest BCUT2D eigenvalue weighted by Crippen LogP contribution is -2.28. The Hall–Kier alpha value is -0.380. The molecule has 1 aliphatic rings. The van der Waals surface area contributed by atoms with Gasteiger partial charge in [0.15, 0.2) is 0 Å². The maximum atomic E-state index is 11.6. The van der Waals surface area contributed by atoms with Crippen molar-refractivity contribution in [2.45, 2.75) is 50.3 Å². The molecular weight excluding hydrogens is 272 g/mol. The number of hydrogen-bond acceptors (Lipinski definition) is 3. The van der Waals surface area contributed by atoms with Crippen LogP contribution >= 0.6 is 15.9 Å². The third-order valence-corrected chi connectivity index (χ3v) is 3.82. The zero-order chi connectivity index (χ0) is 12.0. The maximum Gasteiger partial charge on any atom is 0.375 e. The molecule has 16 heavy (non-hydrogen) atoms. The number of halogens is 1. The van der Waals surface area contributed by atoms with E-state index in [9.17, 15) is 9.59 Å². The van der Waals surface area contributed by atoms with Gasteiger partial charge in [0.1, 0.15) is 0 Å². The second kappa shape index (κ2) is 7.05. The first-order valence-electron chi connectivity index (χ1n) is 6.00. The molecule has 3 nitrogen and oxygen atoms in total. The molecule has 0 aromatic rings. The van der Waals surface area contributed by atoms with Gasteiger partial charge in [0, 0.05) is 0 Å². The van der Waals surface area contributed by atoms with Crippen LogP contribution in [0.4, 0.5) is 0 Å². The summed E-state index contributed by atoms with van der Waals surface area (Å²) in [6.07, 6.45) is 6.92. The lowest BCUT2D eigenvalue weighted by Gasteiger charge is -2.22. The van der Waals surface area contributed by atoms with Crippen LogP contribution in [0.2, 0.25) is 0 Å². The molecule has 0 spiro atoms. The highest BCUT2D eigenvalue weighted by Gasteiger charge is 2.27. The van der Waals surface area contributed by atoms with E-state index in [4.69, 9.17) is 4.74 Å². The molecule has 1 fully saturated rings. The van der Waals surface area contributed by atoms with Gasteiger partial charge in [-0.15, -0.1) is 0 Å². The second-order valence-electron chi connectivity index (χ2n) is 4.29. The van der Waals surface area contributed by atoms with Gasteiger partial charge < -0.3 is 4.74 Å². The third kappa shape index (κ3) is 4.24. The van der Waals surface area contributed by atoms with Crippen LogP contribution < -0.4 is 0 Å². The zero-order valence-electron chi connectivity index (χ0n) is 9.71. The van der Waals surface area contributed by atoms with Gasteiger partial charge in [0.05, 0.1) is 11.4 Å². The largest absolute Gasteiger partial charge is 0.460 e. The van der Waals surface area contributed by atoms with E-state index in [1.165, 1.54) is 32.1 Å². The molecule has 1 saturated carbocycles. The number of carbonyl (C=O) groups is 2. The summed E-state index contributed by atoms with van der Waals surface area (Å²) in [6, 6.07) is 0. The fourth-order valence-electron chi connectivity index (χ4n) is 2.15. The monoisotopic (exact) mass is 290 g/mol. The van der Waals surface area contributed by atoms with Crippen molar-refractivity contribution < 1.29 is 14.3 Å².